The smallest absolute Gasteiger partial charge is 0.405 e. The molecule has 5 aromatic rings. The van der Waals surface area contributed by atoms with Crippen molar-refractivity contribution in [2.45, 2.75) is 76.6 Å². The van der Waals surface area contributed by atoms with Crippen molar-refractivity contribution in [3.63, 3.8) is 0 Å². The SMILES string of the molecule is COCN[C@@H](Cc1cn[nH]n1)C(=O)N1CCC[C@H]1c1ncc(-c2ccc(-c3ccc(-c4cnc([C@@H]5CCCN5C(=O)[C@@](C)(OC(N)=O)C(C)C)[nH]4)cc3)cc2)[nH]1. The number of nitrogens with one attached hydrogen (secondary N) is 4. The molecule has 4 atom stereocenters. The van der Waals surface area contributed by atoms with E-state index in [1.54, 1.807) is 31.3 Å². The summed E-state index contributed by atoms with van der Waals surface area (Å²) in [4.78, 5) is 59.0. The van der Waals surface area contributed by atoms with Crippen LogP contribution in [0.5, 0.6) is 0 Å². The third kappa shape index (κ3) is 7.93. The molecule has 16 nitrogen and oxygen atoms in total. The third-order valence-electron chi connectivity index (χ3n) is 11.1. The van der Waals surface area contributed by atoms with Crippen LogP contribution in [0.15, 0.2) is 67.1 Å². The van der Waals surface area contributed by atoms with Crippen molar-refractivity contribution < 1.29 is 23.9 Å². The number of rotatable bonds is 14. The highest BCUT2D eigenvalue weighted by atomic mass is 16.6. The van der Waals surface area contributed by atoms with Crippen LogP contribution < -0.4 is 11.1 Å². The van der Waals surface area contributed by atoms with E-state index in [0.717, 1.165) is 65.1 Å². The zero-order valence-corrected chi connectivity index (χ0v) is 32.1. The van der Waals surface area contributed by atoms with Crippen molar-refractivity contribution in [1.82, 2.24) is 50.5 Å². The van der Waals surface area contributed by atoms with Gasteiger partial charge in [-0.3, -0.25) is 14.9 Å². The monoisotopic (exact) mass is 763 g/mol. The zero-order valence-electron chi connectivity index (χ0n) is 32.1. The minimum Gasteiger partial charge on any atom is -0.433 e. The zero-order chi connectivity index (χ0) is 39.4. The summed E-state index contributed by atoms with van der Waals surface area (Å²) in [6.07, 6.45) is 7.92. The maximum absolute atomic E-state index is 13.8. The largest absolute Gasteiger partial charge is 0.433 e. The Balaban J connectivity index is 1.00. The molecule has 0 bridgehead atoms. The second-order valence-electron chi connectivity index (χ2n) is 14.9. The summed E-state index contributed by atoms with van der Waals surface area (Å²) in [5.41, 5.74) is 10.5. The van der Waals surface area contributed by atoms with Crippen molar-refractivity contribution in [2.75, 3.05) is 26.9 Å². The van der Waals surface area contributed by atoms with Crippen LogP contribution >= 0.6 is 0 Å². The number of carbonyl (C=O) groups is 3. The first-order valence-corrected chi connectivity index (χ1v) is 19.0. The standard InChI is InChI=1S/C40H49N11O5/c1-24(2)40(3,56-39(41)54)38(53)51-18-6-8-34(51)36-43-22-32(47-36)28-15-11-26(12-16-28)25-9-13-27(14-10-25)31-21-42-35(46-31)33-7-5-17-50(33)37(52)30(44-23-55-4)19-29-20-45-49-48-29/h9-16,20-22,24,30,33-34,44H,5-8,17-19,23H2,1-4H3,(H2,41,54)(H,42,46)(H,43,47)(H,45,48,49)/t30-,33-,34-,40-/m0/s1. The summed E-state index contributed by atoms with van der Waals surface area (Å²) < 4.78 is 10.6. The molecule has 0 saturated carbocycles. The number of ether oxygens (including phenoxy) is 2. The first kappa shape index (κ1) is 38.4. The molecule has 56 heavy (non-hydrogen) atoms. The normalized spacial score (nSPS) is 18.7. The number of nitrogens with zero attached hydrogens (tertiary/aromatic N) is 6. The average molecular weight is 764 g/mol. The lowest BCUT2D eigenvalue weighted by Crippen LogP contribution is -2.53. The number of likely N-dealkylation sites (tertiary alicyclic amines) is 2. The highest BCUT2D eigenvalue weighted by molar-refractivity contribution is 5.88. The highest BCUT2D eigenvalue weighted by Gasteiger charge is 2.47. The molecule has 2 fully saturated rings. The number of nitrogens with two attached hydrogens (primary N) is 1. The summed E-state index contributed by atoms with van der Waals surface area (Å²) in [6, 6.07) is 15.6. The number of aromatic nitrogens is 7. The average Bonchev–Trinajstić information content (AvgIpc) is 4.05. The van der Waals surface area contributed by atoms with Gasteiger partial charge in [0.1, 0.15) is 11.6 Å². The van der Waals surface area contributed by atoms with Gasteiger partial charge in [0.15, 0.2) is 5.60 Å². The van der Waals surface area contributed by atoms with Crippen LogP contribution in [0.2, 0.25) is 0 Å². The van der Waals surface area contributed by atoms with Gasteiger partial charge in [0, 0.05) is 32.5 Å². The number of primary amides is 1. The van der Waals surface area contributed by atoms with Crippen LogP contribution in [-0.4, -0.2) is 102 Å². The summed E-state index contributed by atoms with van der Waals surface area (Å²) >= 11 is 0. The molecule has 0 aliphatic carbocycles. The Labute approximate surface area is 325 Å². The number of hydrogen-bond donors (Lipinski definition) is 5. The van der Waals surface area contributed by atoms with Gasteiger partial charge in [-0.1, -0.05) is 62.4 Å². The number of methoxy groups -OCH3 is 1. The number of carbonyl (C=O) groups excluding carboxylic acids is 3. The predicted octanol–water partition coefficient (Wildman–Crippen LogP) is 4.89. The Kier molecular flexibility index (Phi) is 11.3. The first-order chi connectivity index (χ1) is 27.0. The van der Waals surface area contributed by atoms with Gasteiger partial charge in [-0.25, -0.2) is 14.8 Å². The van der Waals surface area contributed by atoms with E-state index in [1.165, 1.54) is 0 Å². The first-order valence-electron chi connectivity index (χ1n) is 19.0. The fraction of sp³-hybridized carbons (Fsp3) is 0.425. The van der Waals surface area contributed by atoms with Gasteiger partial charge < -0.3 is 35.0 Å². The van der Waals surface area contributed by atoms with Crippen molar-refractivity contribution >= 4 is 17.9 Å². The molecule has 2 aliphatic rings. The van der Waals surface area contributed by atoms with Crippen LogP contribution in [0.1, 0.15) is 75.9 Å². The number of H-pyrrole nitrogens is 3. The molecule has 0 spiro atoms. The third-order valence-corrected chi connectivity index (χ3v) is 11.1. The van der Waals surface area contributed by atoms with E-state index < -0.39 is 17.7 Å². The van der Waals surface area contributed by atoms with Crippen molar-refractivity contribution in [2.24, 2.45) is 11.7 Å². The minimum atomic E-state index is -1.37. The molecule has 0 unspecified atom stereocenters. The lowest BCUT2D eigenvalue weighted by Gasteiger charge is -2.36. The Morgan fingerprint density at radius 1 is 0.857 bits per heavy atom. The molecule has 3 aromatic heterocycles. The Hall–Kier alpha value is -5.87. The molecule has 2 aromatic carbocycles. The van der Waals surface area contributed by atoms with Crippen molar-refractivity contribution in [1.29, 1.82) is 0 Å². The molecule has 2 saturated heterocycles. The molecule has 7 rings (SSSR count). The predicted molar refractivity (Wildman–Crippen MR) is 207 cm³/mol. The molecular weight excluding hydrogens is 715 g/mol. The van der Waals surface area contributed by atoms with Gasteiger partial charge in [0.25, 0.3) is 5.91 Å². The second kappa shape index (κ2) is 16.5. The summed E-state index contributed by atoms with van der Waals surface area (Å²) in [6.45, 7) is 6.72. The quantitative estimate of drug-likeness (QED) is 0.0966. The van der Waals surface area contributed by atoms with Gasteiger partial charge in [-0.05, 0) is 54.9 Å². The Morgan fingerprint density at radius 2 is 1.39 bits per heavy atom. The van der Waals surface area contributed by atoms with E-state index in [9.17, 15) is 14.4 Å². The molecule has 5 heterocycles. The molecule has 6 N–H and O–H groups in total. The molecule has 2 aliphatic heterocycles. The fourth-order valence-corrected chi connectivity index (χ4v) is 7.66. The minimum absolute atomic E-state index is 0.0238. The molecule has 0 radical (unpaired) electrons. The van der Waals surface area contributed by atoms with Crippen molar-refractivity contribution in [3.8, 4) is 33.6 Å². The number of aromatic amines is 3. The number of amides is 3. The number of imidazole rings is 2. The Bertz CT molecular complexity index is 2110. The summed E-state index contributed by atoms with van der Waals surface area (Å²) in [5.74, 6) is 0.887. The maximum Gasteiger partial charge on any atom is 0.405 e. The van der Waals surface area contributed by atoms with Gasteiger partial charge >= 0.3 is 6.09 Å². The van der Waals surface area contributed by atoms with Crippen LogP contribution in [0.4, 0.5) is 4.79 Å². The number of hydrogen-bond acceptors (Lipinski definition) is 10. The van der Waals surface area contributed by atoms with Crippen LogP contribution in [0, 0.1) is 5.92 Å². The lowest BCUT2D eigenvalue weighted by atomic mass is 9.90. The van der Waals surface area contributed by atoms with E-state index in [4.69, 9.17) is 20.2 Å². The van der Waals surface area contributed by atoms with E-state index in [1.807, 2.05) is 37.1 Å². The fourth-order valence-electron chi connectivity index (χ4n) is 7.66. The van der Waals surface area contributed by atoms with Crippen molar-refractivity contribution in [3.05, 3.63) is 84.5 Å². The van der Waals surface area contributed by atoms with E-state index >= 15 is 0 Å². The van der Waals surface area contributed by atoms with Gasteiger partial charge in [-0.2, -0.15) is 15.4 Å². The van der Waals surface area contributed by atoms with Crippen LogP contribution in [0.3, 0.4) is 0 Å². The van der Waals surface area contributed by atoms with Gasteiger partial charge in [-0.15, -0.1) is 0 Å². The topological polar surface area (TPSA) is 213 Å². The highest BCUT2D eigenvalue weighted by Crippen LogP contribution is 2.37. The summed E-state index contributed by atoms with van der Waals surface area (Å²) in [5, 5.41) is 13.8. The molecule has 16 heteroatoms. The second-order valence-corrected chi connectivity index (χ2v) is 14.9. The summed E-state index contributed by atoms with van der Waals surface area (Å²) in [7, 11) is 1.59. The maximum atomic E-state index is 13.8. The van der Waals surface area contributed by atoms with E-state index in [0.29, 0.717) is 31.0 Å². The Morgan fingerprint density at radius 3 is 1.89 bits per heavy atom. The van der Waals surface area contributed by atoms with Crippen LogP contribution in [-0.2, 0) is 25.5 Å². The molecule has 3 amide bonds. The number of benzene rings is 2. The van der Waals surface area contributed by atoms with E-state index in [2.05, 4.69) is 72.1 Å². The molecule has 294 valence electrons. The molecular formula is C40H49N11O5. The van der Waals surface area contributed by atoms with Gasteiger partial charge in [0.2, 0.25) is 5.91 Å². The van der Waals surface area contributed by atoms with Gasteiger partial charge in [0.05, 0.1) is 60.5 Å². The van der Waals surface area contributed by atoms with E-state index in [-0.39, 0.29) is 36.5 Å². The van der Waals surface area contributed by atoms with Crippen LogP contribution in [0.25, 0.3) is 33.6 Å². The lowest BCUT2D eigenvalue weighted by molar-refractivity contribution is -0.155.